The largest absolute Gasteiger partial charge is 0.497 e. The van der Waals surface area contributed by atoms with Gasteiger partial charge in [0.15, 0.2) is 0 Å². The molecule has 6 nitrogen and oxygen atoms in total. The van der Waals surface area contributed by atoms with Gasteiger partial charge >= 0.3 is 0 Å². The lowest BCUT2D eigenvalue weighted by atomic mass is 10.2. The zero-order valence-electron chi connectivity index (χ0n) is 18.7. The van der Waals surface area contributed by atoms with Crippen molar-refractivity contribution in [3.05, 3.63) is 53.9 Å². The van der Waals surface area contributed by atoms with E-state index in [0.717, 1.165) is 47.9 Å². The highest BCUT2D eigenvalue weighted by atomic mass is 16.5. The van der Waals surface area contributed by atoms with Gasteiger partial charge in [0, 0.05) is 17.3 Å². The lowest BCUT2D eigenvalue weighted by molar-refractivity contribution is 0.102. The third-order valence-electron chi connectivity index (χ3n) is 5.95. The molecule has 0 radical (unpaired) electrons. The van der Waals surface area contributed by atoms with Gasteiger partial charge in [-0.2, -0.15) is 0 Å². The highest BCUT2D eigenvalue weighted by Crippen LogP contribution is 2.26. The molecule has 1 aliphatic heterocycles. The number of nitrogens with zero attached hydrogens (tertiary/aromatic N) is 3. The van der Waals surface area contributed by atoms with E-state index in [0.29, 0.717) is 11.6 Å². The molecule has 0 atom stereocenters. The number of ether oxygens (including phenoxy) is 1. The number of aromatic nitrogens is 2. The van der Waals surface area contributed by atoms with Gasteiger partial charge in [-0.25, -0.2) is 4.98 Å². The van der Waals surface area contributed by atoms with Crippen LogP contribution in [-0.4, -0.2) is 40.6 Å². The molecular formula is C25H32N4O2. The molecule has 1 saturated heterocycles. The van der Waals surface area contributed by atoms with E-state index in [1.54, 1.807) is 31.4 Å². The highest BCUT2D eigenvalue weighted by molar-refractivity contribution is 6.05. The zero-order valence-corrected chi connectivity index (χ0v) is 18.7. The number of nitrogens with one attached hydrogen (secondary N) is 1. The van der Waals surface area contributed by atoms with Gasteiger partial charge < -0.3 is 14.6 Å². The van der Waals surface area contributed by atoms with Crippen LogP contribution >= 0.6 is 0 Å². The number of anilines is 1. The summed E-state index contributed by atoms with van der Waals surface area (Å²) < 4.78 is 7.49. The molecule has 1 amide bonds. The number of methoxy groups -OCH3 is 1. The maximum atomic E-state index is 12.6. The molecule has 0 spiro atoms. The first kappa shape index (κ1) is 21.4. The molecule has 0 bridgehead atoms. The van der Waals surface area contributed by atoms with Crippen LogP contribution in [0.15, 0.2) is 42.5 Å². The molecule has 2 aromatic carbocycles. The van der Waals surface area contributed by atoms with E-state index in [1.807, 2.05) is 12.1 Å². The summed E-state index contributed by atoms with van der Waals surface area (Å²) in [5.74, 6) is 1.69. The van der Waals surface area contributed by atoms with Gasteiger partial charge in [0.05, 0.1) is 24.7 Å². The van der Waals surface area contributed by atoms with Crippen LogP contribution < -0.4 is 10.1 Å². The number of benzene rings is 2. The van der Waals surface area contributed by atoms with Crippen LogP contribution in [0, 0.1) is 0 Å². The molecule has 6 heteroatoms. The van der Waals surface area contributed by atoms with Gasteiger partial charge in [0.1, 0.15) is 11.6 Å². The van der Waals surface area contributed by atoms with Gasteiger partial charge in [-0.1, -0.05) is 12.8 Å². The third kappa shape index (κ3) is 4.90. The summed E-state index contributed by atoms with van der Waals surface area (Å²) in [6, 6.07) is 13.4. The number of amides is 1. The van der Waals surface area contributed by atoms with E-state index in [-0.39, 0.29) is 5.91 Å². The molecule has 1 aliphatic rings. The smallest absolute Gasteiger partial charge is 0.255 e. The van der Waals surface area contributed by atoms with Gasteiger partial charge in [-0.15, -0.1) is 0 Å². The van der Waals surface area contributed by atoms with Crippen LogP contribution in [0.3, 0.4) is 0 Å². The SMILES string of the molecule is COc1ccc(C(=O)Nc2ccc3c(c2)nc(CN2CCCCCC2)n3C(C)C)cc1. The molecule has 164 valence electrons. The normalized spacial score (nSPS) is 15.2. The van der Waals surface area contributed by atoms with Crippen molar-refractivity contribution < 1.29 is 9.53 Å². The summed E-state index contributed by atoms with van der Waals surface area (Å²) in [4.78, 5) is 20.1. The Kier molecular flexibility index (Phi) is 6.56. The second-order valence-electron chi connectivity index (χ2n) is 8.57. The van der Waals surface area contributed by atoms with Crippen molar-refractivity contribution in [1.29, 1.82) is 0 Å². The van der Waals surface area contributed by atoms with Gasteiger partial charge in [0.2, 0.25) is 0 Å². The first-order valence-electron chi connectivity index (χ1n) is 11.2. The molecule has 2 heterocycles. The Balaban J connectivity index is 1.57. The minimum absolute atomic E-state index is 0.143. The quantitative estimate of drug-likeness (QED) is 0.591. The highest BCUT2D eigenvalue weighted by Gasteiger charge is 2.18. The maximum absolute atomic E-state index is 12.6. The van der Waals surface area contributed by atoms with Crippen molar-refractivity contribution in [1.82, 2.24) is 14.5 Å². The summed E-state index contributed by atoms with van der Waals surface area (Å²) >= 11 is 0. The van der Waals surface area contributed by atoms with Gasteiger partial charge in [0.25, 0.3) is 5.91 Å². The zero-order chi connectivity index (χ0) is 21.8. The third-order valence-corrected chi connectivity index (χ3v) is 5.95. The van der Waals surface area contributed by atoms with Crippen LogP contribution in [0.5, 0.6) is 5.75 Å². The van der Waals surface area contributed by atoms with Crippen molar-refractivity contribution in [2.45, 2.75) is 52.1 Å². The molecule has 3 aromatic rings. The summed E-state index contributed by atoms with van der Waals surface area (Å²) in [6.45, 7) is 7.56. The molecule has 1 fully saturated rings. The van der Waals surface area contributed by atoms with Gasteiger partial charge in [-0.3, -0.25) is 9.69 Å². The fourth-order valence-corrected chi connectivity index (χ4v) is 4.35. The van der Waals surface area contributed by atoms with Crippen LogP contribution in [0.2, 0.25) is 0 Å². The second kappa shape index (κ2) is 9.52. The number of imidazole rings is 1. The topological polar surface area (TPSA) is 59.4 Å². The number of rotatable bonds is 6. The van der Waals surface area contributed by atoms with Crippen molar-refractivity contribution in [2.24, 2.45) is 0 Å². The van der Waals surface area contributed by atoms with E-state index < -0.39 is 0 Å². The standard InChI is InChI=1S/C25H32N4O2/c1-18(2)29-23-13-10-20(26-25(30)19-8-11-21(31-3)12-9-19)16-22(23)27-24(29)17-28-14-6-4-5-7-15-28/h8-13,16,18H,4-7,14-15,17H2,1-3H3,(H,26,30). The minimum Gasteiger partial charge on any atom is -0.497 e. The van der Waals surface area contributed by atoms with E-state index in [9.17, 15) is 4.79 Å². The summed E-state index contributed by atoms with van der Waals surface area (Å²) in [6.07, 6.45) is 5.19. The van der Waals surface area contributed by atoms with E-state index >= 15 is 0 Å². The molecule has 0 unspecified atom stereocenters. The number of carbonyl (C=O) groups excluding carboxylic acids is 1. The Labute approximate surface area is 184 Å². The Morgan fingerprint density at radius 2 is 1.77 bits per heavy atom. The lowest BCUT2D eigenvalue weighted by Crippen LogP contribution is -2.26. The number of fused-ring (bicyclic) bond motifs is 1. The molecule has 31 heavy (non-hydrogen) atoms. The van der Waals surface area contributed by atoms with E-state index in [1.165, 1.54) is 25.7 Å². The van der Waals surface area contributed by atoms with Crippen molar-refractivity contribution >= 4 is 22.6 Å². The minimum atomic E-state index is -0.143. The van der Waals surface area contributed by atoms with E-state index in [4.69, 9.17) is 9.72 Å². The maximum Gasteiger partial charge on any atom is 0.255 e. The molecule has 4 rings (SSSR count). The van der Waals surface area contributed by atoms with Crippen molar-refractivity contribution in [3.8, 4) is 5.75 Å². The average molecular weight is 421 g/mol. The first-order chi connectivity index (χ1) is 15.0. The number of likely N-dealkylation sites (tertiary alicyclic amines) is 1. The number of carbonyl (C=O) groups is 1. The van der Waals surface area contributed by atoms with Crippen molar-refractivity contribution in [2.75, 3.05) is 25.5 Å². The van der Waals surface area contributed by atoms with Crippen LogP contribution in [0.25, 0.3) is 11.0 Å². The molecule has 0 saturated carbocycles. The van der Waals surface area contributed by atoms with Crippen LogP contribution in [0.1, 0.15) is 61.8 Å². The summed E-state index contributed by atoms with van der Waals surface area (Å²) in [7, 11) is 1.61. The summed E-state index contributed by atoms with van der Waals surface area (Å²) in [5.41, 5.74) is 3.38. The Hall–Kier alpha value is -2.86. The Bertz CT molecular complexity index is 1030. The lowest BCUT2D eigenvalue weighted by Gasteiger charge is -2.21. The number of hydrogen-bond donors (Lipinski definition) is 1. The fraction of sp³-hybridized carbons (Fsp3) is 0.440. The van der Waals surface area contributed by atoms with Crippen LogP contribution in [0.4, 0.5) is 5.69 Å². The summed E-state index contributed by atoms with van der Waals surface area (Å²) in [5, 5.41) is 3.00. The molecule has 0 aliphatic carbocycles. The fourth-order valence-electron chi connectivity index (χ4n) is 4.35. The Morgan fingerprint density at radius 3 is 2.42 bits per heavy atom. The van der Waals surface area contributed by atoms with Crippen molar-refractivity contribution in [3.63, 3.8) is 0 Å². The molecular weight excluding hydrogens is 388 g/mol. The monoisotopic (exact) mass is 420 g/mol. The first-order valence-corrected chi connectivity index (χ1v) is 11.2. The average Bonchev–Trinajstić information content (AvgIpc) is 2.92. The predicted octanol–water partition coefficient (Wildman–Crippen LogP) is 5.25. The van der Waals surface area contributed by atoms with Gasteiger partial charge in [-0.05, 0) is 82.2 Å². The predicted molar refractivity (Wildman–Crippen MR) is 125 cm³/mol. The molecule has 1 aromatic heterocycles. The second-order valence-corrected chi connectivity index (χ2v) is 8.57. The Morgan fingerprint density at radius 1 is 1.06 bits per heavy atom. The molecule has 1 N–H and O–H groups in total. The van der Waals surface area contributed by atoms with Crippen LogP contribution in [-0.2, 0) is 6.54 Å². The number of hydrogen-bond acceptors (Lipinski definition) is 4. The van der Waals surface area contributed by atoms with E-state index in [2.05, 4.69) is 34.7 Å².